The van der Waals surface area contributed by atoms with Crippen molar-refractivity contribution in [2.75, 3.05) is 0 Å². The average Bonchev–Trinajstić information content (AvgIpc) is 3.38. The first kappa shape index (κ1) is 19.9. The highest BCUT2D eigenvalue weighted by molar-refractivity contribution is 5.78. The van der Waals surface area contributed by atoms with Crippen molar-refractivity contribution in [3.05, 3.63) is 108 Å². The number of pyridine rings is 1. The zero-order valence-electron chi connectivity index (χ0n) is 17.9. The number of H-pyrrole nitrogens is 1. The van der Waals surface area contributed by atoms with Crippen LogP contribution in [-0.4, -0.2) is 20.4 Å². The first-order valence-corrected chi connectivity index (χ1v) is 10.8. The van der Waals surface area contributed by atoms with Crippen molar-refractivity contribution in [3.63, 3.8) is 0 Å². The Balaban J connectivity index is 1.26. The van der Waals surface area contributed by atoms with E-state index in [4.69, 9.17) is 9.72 Å². The van der Waals surface area contributed by atoms with Crippen LogP contribution in [0.3, 0.4) is 0 Å². The molecule has 0 aliphatic heterocycles. The Bertz CT molecular complexity index is 1330. The third-order valence-corrected chi connectivity index (χ3v) is 5.65. The van der Waals surface area contributed by atoms with Crippen molar-refractivity contribution >= 4 is 10.9 Å². The predicted octanol–water partition coefficient (Wildman–Crippen LogP) is 5.95. The summed E-state index contributed by atoms with van der Waals surface area (Å²) in [4.78, 5) is 4.69. The lowest BCUT2D eigenvalue weighted by atomic mass is 9.92. The minimum Gasteiger partial charge on any atom is -0.487 e. The van der Waals surface area contributed by atoms with Crippen LogP contribution in [-0.2, 0) is 13.0 Å². The molecule has 0 spiro atoms. The van der Waals surface area contributed by atoms with E-state index in [0.717, 1.165) is 40.0 Å². The van der Waals surface area contributed by atoms with Gasteiger partial charge in [0.15, 0.2) is 0 Å². The number of hydrogen-bond acceptors (Lipinski definition) is 4. The van der Waals surface area contributed by atoms with Crippen molar-refractivity contribution in [3.8, 4) is 17.0 Å². The molecule has 32 heavy (non-hydrogen) atoms. The fourth-order valence-corrected chi connectivity index (χ4v) is 3.92. The summed E-state index contributed by atoms with van der Waals surface area (Å²) >= 11 is 0. The van der Waals surface area contributed by atoms with Gasteiger partial charge in [0.25, 0.3) is 0 Å². The van der Waals surface area contributed by atoms with Gasteiger partial charge in [-0.25, -0.2) is 4.98 Å². The second-order valence-corrected chi connectivity index (χ2v) is 8.02. The highest BCUT2D eigenvalue weighted by Gasteiger charge is 2.10. The number of para-hydroxylation sites is 1. The van der Waals surface area contributed by atoms with Gasteiger partial charge in [-0.3, -0.25) is 0 Å². The minimum absolute atomic E-state index is 0.360. The molecule has 0 amide bonds. The smallest absolute Gasteiger partial charge is 0.130 e. The Morgan fingerprint density at radius 3 is 2.72 bits per heavy atom. The summed E-state index contributed by atoms with van der Waals surface area (Å²) < 4.78 is 6.06. The molecule has 158 valence electrons. The number of hydrogen-bond donors (Lipinski definition) is 1. The van der Waals surface area contributed by atoms with Gasteiger partial charge in [-0.15, -0.1) is 0 Å². The van der Waals surface area contributed by atoms with E-state index in [-0.39, 0.29) is 0 Å². The third-order valence-electron chi connectivity index (χ3n) is 5.65. The first-order chi connectivity index (χ1) is 15.7. The molecule has 1 N–H and O–H groups in total. The van der Waals surface area contributed by atoms with Gasteiger partial charge in [-0.2, -0.15) is 15.4 Å². The highest BCUT2D eigenvalue weighted by atomic mass is 16.5. The largest absolute Gasteiger partial charge is 0.487 e. The van der Waals surface area contributed by atoms with Crippen LogP contribution in [0.2, 0.25) is 0 Å². The van der Waals surface area contributed by atoms with Crippen molar-refractivity contribution in [1.29, 1.82) is 0 Å². The molecule has 2 aromatic heterocycles. The molecule has 5 rings (SSSR count). The topological polar surface area (TPSA) is 63.7 Å². The van der Waals surface area contributed by atoms with Gasteiger partial charge < -0.3 is 4.74 Å². The Hall–Kier alpha value is -3.99. The lowest BCUT2D eigenvalue weighted by Gasteiger charge is -2.14. The number of aromatic amines is 1. The van der Waals surface area contributed by atoms with Crippen molar-refractivity contribution in [2.45, 2.75) is 25.9 Å². The van der Waals surface area contributed by atoms with Crippen LogP contribution >= 0.6 is 0 Å². The Kier molecular flexibility index (Phi) is 5.62. The molecule has 1 unspecified atom stereocenters. The molecule has 5 heteroatoms. The SMILES string of the molecule is CC(Cc1cccc(OCc2ccc3ccccc3n2)c1)c1cccc(-c2cn[nH]n2)c1. The molecule has 0 saturated heterocycles. The number of aromatic nitrogens is 4. The van der Waals surface area contributed by atoms with E-state index in [1.54, 1.807) is 6.20 Å². The summed E-state index contributed by atoms with van der Waals surface area (Å²) in [6.07, 6.45) is 2.67. The molecule has 0 aliphatic carbocycles. The zero-order valence-corrected chi connectivity index (χ0v) is 17.9. The predicted molar refractivity (Wildman–Crippen MR) is 126 cm³/mol. The van der Waals surface area contributed by atoms with Gasteiger partial charge >= 0.3 is 0 Å². The maximum absolute atomic E-state index is 6.06. The molecule has 0 radical (unpaired) electrons. The molecule has 5 nitrogen and oxygen atoms in total. The van der Waals surface area contributed by atoms with Crippen LogP contribution in [0.5, 0.6) is 5.75 Å². The number of ether oxygens (including phenoxy) is 1. The van der Waals surface area contributed by atoms with Gasteiger partial charge in [0.2, 0.25) is 0 Å². The van der Waals surface area contributed by atoms with E-state index in [9.17, 15) is 0 Å². The summed E-state index contributed by atoms with van der Waals surface area (Å²) in [7, 11) is 0. The van der Waals surface area contributed by atoms with Crippen LogP contribution in [0.4, 0.5) is 0 Å². The fraction of sp³-hybridized carbons (Fsp3) is 0.148. The van der Waals surface area contributed by atoms with E-state index in [1.807, 2.05) is 30.3 Å². The van der Waals surface area contributed by atoms with E-state index in [1.165, 1.54) is 11.1 Å². The molecule has 1 atom stereocenters. The monoisotopic (exact) mass is 420 g/mol. The molecule has 3 aromatic carbocycles. The summed E-state index contributed by atoms with van der Waals surface area (Å²) in [5, 5.41) is 11.9. The van der Waals surface area contributed by atoms with Gasteiger partial charge in [0.05, 0.1) is 17.4 Å². The van der Waals surface area contributed by atoms with Crippen molar-refractivity contribution in [1.82, 2.24) is 20.4 Å². The molecule has 0 bridgehead atoms. The van der Waals surface area contributed by atoms with Crippen LogP contribution in [0.25, 0.3) is 22.2 Å². The van der Waals surface area contributed by atoms with Gasteiger partial charge in [0.1, 0.15) is 18.1 Å². The molecule has 0 fully saturated rings. The molecule has 0 saturated carbocycles. The third kappa shape index (κ3) is 4.52. The highest BCUT2D eigenvalue weighted by Crippen LogP contribution is 2.26. The molecule has 0 aliphatic rings. The quantitative estimate of drug-likeness (QED) is 0.354. The average molecular weight is 421 g/mol. The Labute approximate surface area is 187 Å². The first-order valence-electron chi connectivity index (χ1n) is 10.8. The second-order valence-electron chi connectivity index (χ2n) is 8.02. The molecule has 5 aromatic rings. The van der Waals surface area contributed by atoms with Crippen LogP contribution in [0, 0.1) is 0 Å². The lowest BCUT2D eigenvalue weighted by molar-refractivity contribution is 0.301. The summed E-state index contributed by atoms with van der Waals surface area (Å²) in [5.74, 6) is 1.22. The maximum atomic E-state index is 6.06. The van der Waals surface area contributed by atoms with E-state index >= 15 is 0 Å². The summed E-state index contributed by atoms with van der Waals surface area (Å²) in [6, 6.07) is 29.1. The number of nitrogens with zero attached hydrogens (tertiary/aromatic N) is 3. The minimum atomic E-state index is 0.360. The number of nitrogens with one attached hydrogen (secondary N) is 1. The van der Waals surface area contributed by atoms with Crippen LogP contribution in [0.15, 0.2) is 91.1 Å². The Morgan fingerprint density at radius 2 is 1.81 bits per heavy atom. The van der Waals surface area contributed by atoms with Crippen molar-refractivity contribution in [2.24, 2.45) is 0 Å². The van der Waals surface area contributed by atoms with Gasteiger partial charge in [-0.05, 0) is 53.8 Å². The standard InChI is InChI=1S/C27H24N4O/c1-19(22-8-5-9-23(16-22)27-17-28-31-30-27)14-20-6-4-10-25(15-20)32-18-24-13-12-21-7-2-3-11-26(21)29-24/h2-13,15-17,19H,14,18H2,1H3,(H,28,30,31). The van der Waals surface area contributed by atoms with Crippen LogP contribution in [0.1, 0.15) is 29.7 Å². The van der Waals surface area contributed by atoms with E-state index < -0.39 is 0 Å². The molecular weight excluding hydrogens is 396 g/mol. The summed E-state index contributed by atoms with van der Waals surface area (Å²) in [5.41, 5.74) is 6.36. The Morgan fingerprint density at radius 1 is 0.906 bits per heavy atom. The van der Waals surface area contributed by atoms with Gasteiger partial charge in [-0.1, -0.05) is 61.5 Å². The zero-order chi connectivity index (χ0) is 21.8. The number of rotatable bonds is 7. The maximum Gasteiger partial charge on any atom is 0.130 e. The van der Waals surface area contributed by atoms with Crippen LogP contribution < -0.4 is 4.74 Å². The van der Waals surface area contributed by atoms with Crippen molar-refractivity contribution < 1.29 is 4.74 Å². The number of benzene rings is 3. The number of fused-ring (bicyclic) bond motifs is 1. The van der Waals surface area contributed by atoms with E-state index in [2.05, 4.69) is 76.9 Å². The second kappa shape index (κ2) is 9.02. The van der Waals surface area contributed by atoms with E-state index in [0.29, 0.717) is 12.5 Å². The lowest BCUT2D eigenvalue weighted by Crippen LogP contribution is -2.01. The molecular formula is C27H24N4O. The molecule has 2 heterocycles. The van der Waals surface area contributed by atoms with Gasteiger partial charge in [0, 0.05) is 10.9 Å². The summed E-state index contributed by atoms with van der Waals surface area (Å²) in [6.45, 7) is 2.69. The normalized spacial score (nSPS) is 12.0. The fourth-order valence-electron chi connectivity index (χ4n) is 3.92.